The lowest BCUT2D eigenvalue weighted by Crippen LogP contribution is -2.27. The number of rotatable bonds is 6. The summed E-state index contributed by atoms with van der Waals surface area (Å²) in [6.45, 7) is -0.376. The standard InChI is InChI=1S/C22H19ClFN5O2/c1-28-9-2-3-20(28)27-22-25-8-6-18(26-22)14-7-10-29(21(31)12-14)19(13-30)15-4-5-16(23)17(24)11-15/h2-12,19,30H,13H2,1H3,(H,25,26,27)/t19-/m1/s1. The van der Waals surface area contributed by atoms with Gasteiger partial charge in [-0.05, 0) is 42.0 Å². The molecular weight excluding hydrogens is 421 g/mol. The third-order valence-corrected chi connectivity index (χ3v) is 5.23. The van der Waals surface area contributed by atoms with E-state index in [1.807, 2.05) is 29.9 Å². The first-order chi connectivity index (χ1) is 15.0. The summed E-state index contributed by atoms with van der Waals surface area (Å²) in [5.74, 6) is 0.614. The van der Waals surface area contributed by atoms with Gasteiger partial charge in [-0.3, -0.25) is 4.79 Å². The molecule has 0 saturated carbocycles. The van der Waals surface area contributed by atoms with Gasteiger partial charge in [-0.25, -0.2) is 14.4 Å². The Morgan fingerprint density at radius 1 is 1.19 bits per heavy atom. The molecule has 4 aromatic rings. The number of halogens is 2. The van der Waals surface area contributed by atoms with Crippen LogP contribution in [0.5, 0.6) is 0 Å². The van der Waals surface area contributed by atoms with Crippen molar-refractivity contribution in [2.75, 3.05) is 11.9 Å². The Hall–Kier alpha value is -3.49. The Labute approximate surface area is 182 Å². The average molecular weight is 440 g/mol. The number of aliphatic hydroxyl groups is 1. The minimum Gasteiger partial charge on any atom is -0.394 e. The quantitative estimate of drug-likeness (QED) is 0.478. The van der Waals surface area contributed by atoms with Crippen LogP contribution in [-0.2, 0) is 7.05 Å². The van der Waals surface area contributed by atoms with Gasteiger partial charge in [0.2, 0.25) is 5.95 Å². The molecule has 0 unspecified atom stereocenters. The summed E-state index contributed by atoms with van der Waals surface area (Å²) in [6, 6.07) is 12.1. The molecule has 0 aliphatic carbocycles. The number of aliphatic hydroxyl groups excluding tert-OH is 1. The number of aromatic nitrogens is 4. The number of aryl methyl sites for hydroxylation is 1. The molecule has 0 aliphatic heterocycles. The van der Waals surface area contributed by atoms with Gasteiger partial charge in [-0.15, -0.1) is 0 Å². The van der Waals surface area contributed by atoms with Crippen molar-refractivity contribution in [1.29, 1.82) is 0 Å². The maximum atomic E-state index is 13.9. The average Bonchev–Trinajstić information content (AvgIpc) is 3.16. The summed E-state index contributed by atoms with van der Waals surface area (Å²) in [4.78, 5) is 21.5. The molecular formula is C22H19ClFN5O2. The minimum atomic E-state index is -0.742. The molecule has 3 heterocycles. The second-order valence-corrected chi connectivity index (χ2v) is 7.33. The van der Waals surface area contributed by atoms with Gasteiger partial charge in [-0.1, -0.05) is 17.7 Å². The molecule has 0 saturated heterocycles. The lowest BCUT2D eigenvalue weighted by atomic mass is 10.1. The zero-order valence-electron chi connectivity index (χ0n) is 16.5. The molecule has 0 radical (unpaired) electrons. The second kappa shape index (κ2) is 8.71. The van der Waals surface area contributed by atoms with Crippen LogP contribution in [0, 0.1) is 5.82 Å². The Bertz CT molecular complexity index is 1290. The molecule has 0 aliphatic rings. The van der Waals surface area contributed by atoms with Gasteiger partial charge in [-0.2, -0.15) is 0 Å². The van der Waals surface area contributed by atoms with Crippen LogP contribution in [-0.4, -0.2) is 30.8 Å². The number of benzene rings is 1. The third kappa shape index (κ3) is 4.35. The summed E-state index contributed by atoms with van der Waals surface area (Å²) >= 11 is 5.74. The van der Waals surface area contributed by atoms with Crippen molar-refractivity contribution >= 4 is 23.4 Å². The molecule has 7 nitrogen and oxygen atoms in total. The van der Waals surface area contributed by atoms with Crippen molar-refractivity contribution in [3.05, 3.63) is 93.9 Å². The first-order valence-electron chi connectivity index (χ1n) is 9.46. The van der Waals surface area contributed by atoms with Gasteiger partial charge in [0.1, 0.15) is 11.6 Å². The molecule has 158 valence electrons. The highest BCUT2D eigenvalue weighted by Crippen LogP contribution is 2.23. The van der Waals surface area contributed by atoms with E-state index in [0.717, 1.165) is 5.82 Å². The summed E-state index contributed by atoms with van der Waals surface area (Å²) < 4.78 is 17.1. The Kier molecular flexibility index (Phi) is 5.83. The van der Waals surface area contributed by atoms with E-state index in [1.165, 1.54) is 22.8 Å². The van der Waals surface area contributed by atoms with Crippen LogP contribution in [0.1, 0.15) is 11.6 Å². The fourth-order valence-corrected chi connectivity index (χ4v) is 3.38. The minimum absolute atomic E-state index is 0.0216. The molecule has 2 N–H and O–H groups in total. The number of anilines is 2. The van der Waals surface area contributed by atoms with Crippen molar-refractivity contribution < 1.29 is 9.50 Å². The van der Waals surface area contributed by atoms with Crippen molar-refractivity contribution in [1.82, 2.24) is 19.1 Å². The number of nitrogens with zero attached hydrogens (tertiary/aromatic N) is 4. The lowest BCUT2D eigenvalue weighted by Gasteiger charge is -2.18. The molecule has 0 fully saturated rings. The predicted octanol–water partition coefficient (Wildman–Crippen LogP) is 3.76. The van der Waals surface area contributed by atoms with Gasteiger partial charge in [0.25, 0.3) is 5.56 Å². The number of nitrogens with one attached hydrogen (secondary N) is 1. The Morgan fingerprint density at radius 3 is 2.71 bits per heavy atom. The van der Waals surface area contributed by atoms with Crippen molar-refractivity contribution in [3.8, 4) is 11.3 Å². The van der Waals surface area contributed by atoms with E-state index in [0.29, 0.717) is 22.8 Å². The molecule has 0 spiro atoms. The van der Waals surface area contributed by atoms with Crippen molar-refractivity contribution in [2.24, 2.45) is 7.05 Å². The van der Waals surface area contributed by atoms with E-state index in [2.05, 4.69) is 15.3 Å². The Balaban J connectivity index is 1.64. The predicted molar refractivity (Wildman–Crippen MR) is 117 cm³/mol. The van der Waals surface area contributed by atoms with E-state index in [-0.39, 0.29) is 17.2 Å². The van der Waals surface area contributed by atoms with Crippen LogP contribution >= 0.6 is 11.6 Å². The molecule has 0 amide bonds. The molecule has 0 bridgehead atoms. The van der Waals surface area contributed by atoms with E-state index in [1.54, 1.807) is 30.6 Å². The van der Waals surface area contributed by atoms with Gasteiger partial charge < -0.3 is 19.6 Å². The number of hydrogen-bond acceptors (Lipinski definition) is 5. The zero-order valence-corrected chi connectivity index (χ0v) is 17.3. The van der Waals surface area contributed by atoms with Gasteiger partial charge in [0.05, 0.1) is 23.4 Å². The topological polar surface area (TPSA) is 85.0 Å². The molecule has 1 aromatic carbocycles. The van der Waals surface area contributed by atoms with Crippen LogP contribution in [0.4, 0.5) is 16.2 Å². The van der Waals surface area contributed by atoms with Gasteiger partial charge in [0, 0.05) is 37.3 Å². The second-order valence-electron chi connectivity index (χ2n) is 6.93. The van der Waals surface area contributed by atoms with Crippen LogP contribution < -0.4 is 10.9 Å². The fraction of sp³-hybridized carbons (Fsp3) is 0.136. The van der Waals surface area contributed by atoms with Crippen molar-refractivity contribution in [2.45, 2.75) is 6.04 Å². The first kappa shape index (κ1) is 20.8. The molecule has 3 aromatic heterocycles. The fourth-order valence-electron chi connectivity index (χ4n) is 3.27. The maximum Gasteiger partial charge on any atom is 0.251 e. The van der Waals surface area contributed by atoms with E-state index >= 15 is 0 Å². The SMILES string of the molecule is Cn1cccc1Nc1nccc(-c2ccn([C@H](CO)c3ccc(Cl)c(F)c3)c(=O)c2)n1. The summed E-state index contributed by atoms with van der Waals surface area (Å²) in [6.07, 6.45) is 5.06. The third-order valence-electron chi connectivity index (χ3n) is 4.92. The number of hydrogen-bond donors (Lipinski definition) is 2. The molecule has 9 heteroatoms. The van der Waals surface area contributed by atoms with Crippen molar-refractivity contribution in [3.63, 3.8) is 0 Å². The van der Waals surface area contributed by atoms with Crippen LogP contribution in [0.15, 0.2) is 71.9 Å². The first-order valence-corrected chi connectivity index (χ1v) is 9.84. The smallest absolute Gasteiger partial charge is 0.251 e. The highest BCUT2D eigenvalue weighted by Gasteiger charge is 2.16. The maximum absolute atomic E-state index is 13.9. The van der Waals surface area contributed by atoms with Gasteiger partial charge in [0.15, 0.2) is 0 Å². The lowest BCUT2D eigenvalue weighted by molar-refractivity contribution is 0.247. The normalized spacial score (nSPS) is 12.0. The molecule has 31 heavy (non-hydrogen) atoms. The van der Waals surface area contributed by atoms with E-state index in [4.69, 9.17) is 11.6 Å². The summed E-state index contributed by atoms with van der Waals surface area (Å²) in [5, 5.41) is 12.9. The monoisotopic (exact) mass is 439 g/mol. The summed E-state index contributed by atoms with van der Waals surface area (Å²) in [7, 11) is 1.90. The zero-order chi connectivity index (χ0) is 22.0. The van der Waals surface area contributed by atoms with E-state index < -0.39 is 11.9 Å². The van der Waals surface area contributed by atoms with Crippen LogP contribution in [0.25, 0.3) is 11.3 Å². The van der Waals surface area contributed by atoms with Gasteiger partial charge >= 0.3 is 0 Å². The molecule has 4 rings (SSSR count). The highest BCUT2D eigenvalue weighted by atomic mass is 35.5. The van der Waals surface area contributed by atoms with Crippen LogP contribution in [0.3, 0.4) is 0 Å². The largest absolute Gasteiger partial charge is 0.394 e. The van der Waals surface area contributed by atoms with Crippen LogP contribution in [0.2, 0.25) is 5.02 Å². The molecule has 1 atom stereocenters. The highest BCUT2D eigenvalue weighted by molar-refractivity contribution is 6.30. The van der Waals surface area contributed by atoms with E-state index in [9.17, 15) is 14.3 Å². The number of pyridine rings is 1. The Morgan fingerprint density at radius 2 is 2.03 bits per heavy atom. The summed E-state index contributed by atoms with van der Waals surface area (Å²) in [5.41, 5.74) is 1.24.